The Morgan fingerprint density at radius 2 is 1.94 bits per heavy atom. The molecule has 1 N–H and O–H groups in total. The number of rotatable bonds is 5. The predicted octanol–water partition coefficient (Wildman–Crippen LogP) is 3.69. The number of methoxy groups -OCH3 is 2. The van der Waals surface area contributed by atoms with Crippen molar-refractivity contribution in [2.45, 2.75) is 38.6 Å². The second kappa shape index (κ2) is 5.98. The molecule has 2 atom stereocenters. The first-order chi connectivity index (χ1) is 8.78. The van der Waals surface area contributed by atoms with Crippen LogP contribution in [0.1, 0.15) is 32.6 Å². The Bertz CT molecular complexity index is 392. The Labute approximate surface area is 109 Å². The van der Waals surface area contributed by atoms with E-state index in [-0.39, 0.29) is 0 Å². The van der Waals surface area contributed by atoms with Crippen LogP contribution >= 0.6 is 0 Å². The highest BCUT2D eigenvalue weighted by atomic mass is 16.5. The fourth-order valence-electron chi connectivity index (χ4n) is 2.86. The quantitative estimate of drug-likeness (QED) is 0.863. The second-order valence-electron chi connectivity index (χ2n) is 4.92. The summed E-state index contributed by atoms with van der Waals surface area (Å²) >= 11 is 0. The van der Waals surface area contributed by atoms with Crippen molar-refractivity contribution in [1.82, 2.24) is 0 Å². The molecule has 2 unspecified atom stereocenters. The Balaban J connectivity index is 2.09. The van der Waals surface area contributed by atoms with Gasteiger partial charge in [-0.1, -0.05) is 19.8 Å². The van der Waals surface area contributed by atoms with Gasteiger partial charge in [-0.15, -0.1) is 0 Å². The van der Waals surface area contributed by atoms with E-state index < -0.39 is 0 Å². The molecule has 0 heterocycles. The summed E-state index contributed by atoms with van der Waals surface area (Å²) in [5.41, 5.74) is 1.12. The van der Waals surface area contributed by atoms with Crippen LogP contribution < -0.4 is 14.8 Å². The highest BCUT2D eigenvalue weighted by molar-refractivity contribution is 5.55. The number of ether oxygens (including phenoxy) is 2. The average Bonchev–Trinajstić information content (AvgIpc) is 2.85. The van der Waals surface area contributed by atoms with Crippen LogP contribution in [0.4, 0.5) is 5.69 Å². The molecular weight excluding hydrogens is 226 g/mol. The first kappa shape index (κ1) is 13.1. The summed E-state index contributed by atoms with van der Waals surface area (Å²) in [6.07, 6.45) is 5.21. The molecule has 3 nitrogen and oxygen atoms in total. The maximum atomic E-state index is 5.33. The molecule has 1 aromatic carbocycles. The summed E-state index contributed by atoms with van der Waals surface area (Å²) in [5, 5.41) is 3.63. The molecule has 1 aliphatic rings. The standard InChI is InChI=1S/C15H23NO2/c1-4-11-6-5-7-13(11)16-12-8-9-14(17-2)15(10-12)18-3/h8-11,13,16H,4-7H2,1-3H3. The van der Waals surface area contributed by atoms with Gasteiger partial charge in [-0.3, -0.25) is 0 Å². The van der Waals surface area contributed by atoms with Gasteiger partial charge in [0.25, 0.3) is 0 Å². The lowest BCUT2D eigenvalue weighted by atomic mass is 10.0. The van der Waals surface area contributed by atoms with Gasteiger partial charge in [-0.2, -0.15) is 0 Å². The number of nitrogens with one attached hydrogen (secondary N) is 1. The van der Waals surface area contributed by atoms with Crippen LogP contribution in [0, 0.1) is 5.92 Å². The van der Waals surface area contributed by atoms with E-state index in [1.54, 1.807) is 14.2 Å². The van der Waals surface area contributed by atoms with Crippen molar-refractivity contribution < 1.29 is 9.47 Å². The van der Waals surface area contributed by atoms with Crippen LogP contribution in [-0.2, 0) is 0 Å². The van der Waals surface area contributed by atoms with Gasteiger partial charge in [0.15, 0.2) is 11.5 Å². The summed E-state index contributed by atoms with van der Waals surface area (Å²) in [4.78, 5) is 0. The minimum atomic E-state index is 0.605. The Morgan fingerprint density at radius 1 is 1.17 bits per heavy atom. The molecule has 0 amide bonds. The third-order valence-electron chi connectivity index (χ3n) is 3.92. The third-order valence-corrected chi connectivity index (χ3v) is 3.92. The zero-order valence-electron chi connectivity index (χ0n) is 11.5. The molecule has 0 spiro atoms. The molecule has 100 valence electrons. The largest absolute Gasteiger partial charge is 0.493 e. The van der Waals surface area contributed by atoms with Crippen LogP contribution in [0.2, 0.25) is 0 Å². The fraction of sp³-hybridized carbons (Fsp3) is 0.600. The summed E-state index contributed by atoms with van der Waals surface area (Å²) in [7, 11) is 3.33. The van der Waals surface area contributed by atoms with E-state index in [1.807, 2.05) is 12.1 Å². The fourth-order valence-corrected chi connectivity index (χ4v) is 2.86. The van der Waals surface area contributed by atoms with Gasteiger partial charge in [-0.05, 0) is 30.9 Å². The molecule has 18 heavy (non-hydrogen) atoms. The molecule has 3 heteroatoms. The molecule has 0 bridgehead atoms. The zero-order valence-corrected chi connectivity index (χ0v) is 11.5. The molecular formula is C15H23NO2. The number of benzene rings is 1. The van der Waals surface area contributed by atoms with Gasteiger partial charge in [-0.25, -0.2) is 0 Å². The summed E-state index contributed by atoms with van der Waals surface area (Å²) < 4.78 is 10.6. The second-order valence-corrected chi connectivity index (χ2v) is 4.92. The van der Waals surface area contributed by atoms with Gasteiger partial charge in [0.1, 0.15) is 0 Å². The van der Waals surface area contributed by atoms with Crippen molar-refractivity contribution in [3.05, 3.63) is 18.2 Å². The van der Waals surface area contributed by atoms with Gasteiger partial charge < -0.3 is 14.8 Å². The first-order valence-corrected chi connectivity index (χ1v) is 6.77. The molecule has 1 aromatic rings. The van der Waals surface area contributed by atoms with E-state index in [2.05, 4.69) is 18.3 Å². The Morgan fingerprint density at radius 3 is 2.61 bits per heavy atom. The van der Waals surface area contributed by atoms with Crippen molar-refractivity contribution in [1.29, 1.82) is 0 Å². The van der Waals surface area contributed by atoms with Crippen molar-refractivity contribution in [3.8, 4) is 11.5 Å². The van der Waals surface area contributed by atoms with E-state index in [1.165, 1.54) is 25.7 Å². The van der Waals surface area contributed by atoms with E-state index in [0.717, 1.165) is 23.1 Å². The molecule has 0 aromatic heterocycles. The van der Waals surface area contributed by atoms with Crippen molar-refractivity contribution >= 4 is 5.69 Å². The van der Waals surface area contributed by atoms with Crippen molar-refractivity contribution in [2.24, 2.45) is 5.92 Å². The summed E-state index contributed by atoms with van der Waals surface area (Å²) in [5.74, 6) is 2.37. The molecule has 1 fully saturated rings. The van der Waals surface area contributed by atoms with Crippen LogP contribution in [0.3, 0.4) is 0 Å². The lowest BCUT2D eigenvalue weighted by Crippen LogP contribution is -2.23. The van der Waals surface area contributed by atoms with E-state index >= 15 is 0 Å². The molecule has 2 rings (SSSR count). The van der Waals surface area contributed by atoms with Crippen molar-refractivity contribution in [2.75, 3.05) is 19.5 Å². The number of hydrogen-bond acceptors (Lipinski definition) is 3. The maximum absolute atomic E-state index is 5.33. The predicted molar refractivity (Wildman–Crippen MR) is 74.6 cm³/mol. The van der Waals surface area contributed by atoms with Gasteiger partial charge in [0, 0.05) is 17.8 Å². The van der Waals surface area contributed by atoms with Crippen LogP contribution in [-0.4, -0.2) is 20.3 Å². The van der Waals surface area contributed by atoms with Crippen LogP contribution in [0.25, 0.3) is 0 Å². The molecule has 0 aliphatic heterocycles. The van der Waals surface area contributed by atoms with E-state index in [0.29, 0.717) is 6.04 Å². The minimum Gasteiger partial charge on any atom is -0.493 e. The molecule has 0 radical (unpaired) electrons. The third kappa shape index (κ3) is 2.71. The highest BCUT2D eigenvalue weighted by Crippen LogP contribution is 2.34. The minimum absolute atomic E-state index is 0.605. The lowest BCUT2D eigenvalue weighted by molar-refractivity contribution is 0.355. The smallest absolute Gasteiger partial charge is 0.162 e. The van der Waals surface area contributed by atoms with E-state index in [9.17, 15) is 0 Å². The Hall–Kier alpha value is -1.38. The SMILES string of the molecule is CCC1CCCC1Nc1ccc(OC)c(OC)c1. The molecule has 0 saturated heterocycles. The van der Waals surface area contributed by atoms with Crippen molar-refractivity contribution in [3.63, 3.8) is 0 Å². The van der Waals surface area contributed by atoms with E-state index in [4.69, 9.17) is 9.47 Å². The first-order valence-electron chi connectivity index (χ1n) is 6.77. The Kier molecular flexibility index (Phi) is 4.34. The molecule has 1 aliphatic carbocycles. The monoisotopic (exact) mass is 249 g/mol. The highest BCUT2D eigenvalue weighted by Gasteiger charge is 2.25. The summed E-state index contributed by atoms with van der Waals surface area (Å²) in [6, 6.07) is 6.64. The van der Waals surface area contributed by atoms with Crippen LogP contribution in [0.5, 0.6) is 11.5 Å². The molecule has 1 saturated carbocycles. The zero-order chi connectivity index (χ0) is 13.0. The maximum Gasteiger partial charge on any atom is 0.162 e. The number of hydrogen-bond donors (Lipinski definition) is 1. The lowest BCUT2D eigenvalue weighted by Gasteiger charge is -2.21. The van der Waals surface area contributed by atoms with Gasteiger partial charge in [0.2, 0.25) is 0 Å². The van der Waals surface area contributed by atoms with Gasteiger partial charge in [0.05, 0.1) is 14.2 Å². The average molecular weight is 249 g/mol. The topological polar surface area (TPSA) is 30.5 Å². The van der Waals surface area contributed by atoms with Crippen LogP contribution in [0.15, 0.2) is 18.2 Å². The number of anilines is 1. The van der Waals surface area contributed by atoms with Gasteiger partial charge >= 0.3 is 0 Å². The normalized spacial score (nSPS) is 22.8. The summed E-state index contributed by atoms with van der Waals surface area (Å²) in [6.45, 7) is 2.28.